The summed E-state index contributed by atoms with van der Waals surface area (Å²) >= 11 is 5.49. The SMILES string of the molecule is NCCCOP(=O)(O)OP(=O)(O)OCCCNCCNCCCl. The van der Waals surface area contributed by atoms with Crippen LogP contribution >= 0.6 is 27.2 Å². The van der Waals surface area contributed by atoms with Gasteiger partial charge in [0, 0.05) is 25.5 Å². The van der Waals surface area contributed by atoms with Crippen LogP contribution in [0.4, 0.5) is 0 Å². The van der Waals surface area contributed by atoms with Crippen LogP contribution < -0.4 is 16.4 Å². The van der Waals surface area contributed by atoms with E-state index in [1.807, 2.05) is 0 Å². The standard InChI is InChI=1S/C10H26ClN3O7P2/c11-3-6-14-8-7-13-5-2-10-20-23(17,18)21-22(15,16)19-9-1-4-12/h13-14H,1-10,12H2,(H,15,16)(H,17,18). The summed E-state index contributed by atoms with van der Waals surface area (Å²) in [5.41, 5.74) is 5.19. The molecule has 6 N–H and O–H groups in total. The molecule has 0 aliphatic rings. The van der Waals surface area contributed by atoms with Crippen LogP contribution in [0.3, 0.4) is 0 Å². The molecule has 0 aromatic rings. The van der Waals surface area contributed by atoms with Crippen LogP contribution in [0.2, 0.25) is 0 Å². The number of nitrogens with two attached hydrogens (primary N) is 1. The molecule has 0 saturated carbocycles. The predicted octanol–water partition coefficient (Wildman–Crippen LogP) is 0.394. The zero-order valence-electron chi connectivity index (χ0n) is 12.9. The first-order valence-electron chi connectivity index (χ1n) is 7.16. The summed E-state index contributed by atoms with van der Waals surface area (Å²) in [4.78, 5) is 18.6. The van der Waals surface area contributed by atoms with Gasteiger partial charge in [-0.2, -0.15) is 4.31 Å². The first-order valence-corrected chi connectivity index (χ1v) is 10.7. The van der Waals surface area contributed by atoms with Gasteiger partial charge < -0.3 is 26.2 Å². The average molecular weight is 398 g/mol. The molecular weight excluding hydrogens is 372 g/mol. The second-order valence-electron chi connectivity index (χ2n) is 4.37. The summed E-state index contributed by atoms with van der Waals surface area (Å²) in [5, 5.41) is 6.16. The van der Waals surface area contributed by atoms with Crippen molar-refractivity contribution in [1.82, 2.24) is 10.6 Å². The van der Waals surface area contributed by atoms with Crippen LogP contribution in [0.5, 0.6) is 0 Å². The Hall–Kier alpha value is 0.430. The van der Waals surface area contributed by atoms with Crippen molar-refractivity contribution >= 4 is 27.2 Å². The van der Waals surface area contributed by atoms with Crippen molar-refractivity contribution in [2.75, 3.05) is 51.8 Å². The molecule has 10 nitrogen and oxygen atoms in total. The maximum atomic E-state index is 11.5. The van der Waals surface area contributed by atoms with Crippen molar-refractivity contribution in [3.05, 3.63) is 0 Å². The number of rotatable bonds is 16. The minimum absolute atomic E-state index is 0.112. The Labute approximate surface area is 141 Å². The van der Waals surface area contributed by atoms with Crippen LogP contribution in [0.1, 0.15) is 12.8 Å². The molecule has 0 amide bonds. The van der Waals surface area contributed by atoms with Gasteiger partial charge in [0.25, 0.3) is 0 Å². The number of hydrogen-bond acceptors (Lipinski definition) is 8. The van der Waals surface area contributed by atoms with Gasteiger partial charge >= 0.3 is 15.6 Å². The molecule has 0 radical (unpaired) electrons. The zero-order chi connectivity index (χ0) is 17.6. The van der Waals surface area contributed by atoms with Crippen LogP contribution in [-0.4, -0.2) is 61.6 Å². The lowest BCUT2D eigenvalue weighted by Gasteiger charge is -2.16. The van der Waals surface area contributed by atoms with Gasteiger partial charge in [0.05, 0.1) is 13.2 Å². The Kier molecular flexibility index (Phi) is 13.9. The zero-order valence-corrected chi connectivity index (χ0v) is 15.4. The van der Waals surface area contributed by atoms with E-state index in [1.165, 1.54) is 0 Å². The first kappa shape index (κ1) is 23.4. The van der Waals surface area contributed by atoms with Gasteiger partial charge in [0.1, 0.15) is 0 Å². The van der Waals surface area contributed by atoms with Crippen molar-refractivity contribution in [2.45, 2.75) is 12.8 Å². The van der Waals surface area contributed by atoms with Gasteiger partial charge in [-0.3, -0.25) is 9.05 Å². The van der Waals surface area contributed by atoms with Gasteiger partial charge in [0.2, 0.25) is 0 Å². The summed E-state index contributed by atoms with van der Waals surface area (Å²) in [6.07, 6.45) is 0.739. The lowest BCUT2D eigenvalue weighted by molar-refractivity contribution is 0.153. The summed E-state index contributed by atoms with van der Waals surface area (Å²) in [6.45, 7) is 2.72. The number of alkyl halides is 1. The fraction of sp³-hybridized carbons (Fsp3) is 1.00. The molecule has 0 fully saturated rings. The molecule has 0 heterocycles. The lowest BCUT2D eigenvalue weighted by atomic mass is 10.4. The molecule has 0 rings (SSSR count). The Balaban J connectivity index is 3.75. The molecule has 0 bridgehead atoms. The van der Waals surface area contributed by atoms with Gasteiger partial charge in [-0.05, 0) is 25.9 Å². The Morgan fingerprint density at radius 3 is 1.96 bits per heavy atom. The second-order valence-corrected chi connectivity index (χ2v) is 7.79. The van der Waals surface area contributed by atoms with E-state index in [1.54, 1.807) is 0 Å². The minimum atomic E-state index is -4.66. The molecule has 2 unspecified atom stereocenters. The van der Waals surface area contributed by atoms with Crippen molar-refractivity contribution < 1.29 is 32.3 Å². The molecule has 2 atom stereocenters. The number of phosphoric ester groups is 2. The first-order chi connectivity index (χ1) is 10.8. The van der Waals surface area contributed by atoms with Crippen LogP contribution in [0.25, 0.3) is 0 Å². The van der Waals surface area contributed by atoms with Crippen molar-refractivity contribution in [2.24, 2.45) is 5.73 Å². The lowest BCUT2D eigenvalue weighted by Crippen LogP contribution is -2.29. The normalized spacial score (nSPS) is 16.9. The molecule has 0 aliphatic heterocycles. The summed E-state index contributed by atoms with van der Waals surface area (Å²) in [7, 11) is -9.31. The van der Waals surface area contributed by atoms with E-state index in [4.69, 9.17) is 17.3 Å². The van der Waals surface area contributed by atoms with Crippen molar-refractivity contribution in [3.8, 4) is 0 Å². The fourth-order valence-electron chi connectivity index (χ4n) is 1.31. The number of nitrogens with one attached hydrogen (secondary N) is 2. The summed E-state index contributed by atoms with van der Waals surface area (Å²) in [6, 6.07) is 0. The topological polar surface area (TPSA) is 152 Å². The fourth-order valence-corrected chi connectivity index (χ4v) is 3.58. The smallest absolute Gasteiger partial charge is 0.330 e. The Morgan fingerprint density at radius 2 is 1.43 bits per heavy atom. The van der Waals surface area contributed by atoms with Crippen molar-refractivity contribution in [1.29, 1.82) is 0 Å². The average Bonchev–Trinajstić information content (AvgIpc) is 2.44. The van der Waals surface area contributed by atoms with E-state index < -0.39 is 15.6 Å². The van der Waals surface area contributed by atoms with Crippen molar-refractivity contribution in [3.63, 3.8) is 0 Å². The van der Waals surface area contributed by atoms with E-state index in [2.05, 4.69) is 24.0 Å². The molecule has 23 heavy (non-hydrogen) atoms. The Morgan fingerprint density at radius 1 is 0.913 bits per heavy atom. The monoisotopic (exact) mass is 397 g/mol. The molecule has 0 spiro atoms. The highest BCUT2D eigenvalue weighted by Gasteiger charge is 2.34. The molecule has 0 aromatic carbocycles. The molecule has 13 heteroatoms. The largest absolute Gasteiger partial charge is 0.481 e. The quantitative estimate of drug-likeness (QED) is 0.140. The van der Waals surface area contributed by atoms with Gasteiger partial charge in [-0.15, -0.1) is 11.6 Å². The minimum Gasteiger partial charge on any atom is -0.330 e. The summed E-state index contributed by atoms with van der Waals surface area (Å²) < 4.78 is 36.1. The predicted molar refractivity (Wildman–Crippen MR) is 87.4 cm³/mol. The van der Waals surface area contributed by atoms with E-state index in [-0.39, 0.29) is 19.8 Å². The molecule has 0 saturated heterocycles. The number of hydrogen-bond donors (Lipinski definition) is 5. The Bertz CT molecular complexity index is 391. The third kappa shape index (κ3) is 15.7. The maximum Gasteiger partial charge on any atom is 0.481 e. The number of phosphoric acid groups is 2. The van der Waals surface area contributed by atoms with E-state index in [9.17, 15) is 18.9 Å². The number of halogens is 1. The van der Waals surface area contributed by atoms with Crippen LogP contribution in [-0.2, 0) is 22.5 Å². The highest BCUT2D eigenvalue weighted by molar-refractivity contribution is 7.61. The second kappa shape index (κ2) is 13.7. The third-order valence-electron chi connectivity index (χ3n) is 2.31. The highest BCUT2D eigenvalue weighted by atomic mass is 35.5. The maximum absolute atomic E-state index is 11.5. The van der Waals surface area contributed by atoms with E-state index >= 15 is 0 Å². The molecule has 0 aliphatic carbocycles. The van der Waals surface area contributed by atoms with E-state index in [0.29, 0.717) is 31.8 Å². The molecule has 140 valence electrons. The third-order valence-corrected chi connectivity index (χ3v) is 5.17. The van der Waals surface area contributed by atoms with Gasteiger partial charge in [-0.25, -0.2) is 9.13 Å². The summed E-state index contributed by atoms with van der Waals surface area (Å²) in [5.74, 6) is 0.546. The van der Waals surface area contributed by atoms with Crippen LogP contribution in [0.15, 0.2) is 0 Å². The van der Waals surface area contributed by atoms with Gasteiger partial charge in [-0.1, -0.05) is 0 Å². The van der Waals surface area contributed by atoms with Gasteiger partial charge in [0.15, 0.2) is 0 Å². The molecule has 0 aromatic heterocycles. The van der Waals surface area contributed by atoms with Crippen LogP contribution in [0, 0.1) is 0 Å². The molecular formula is C10H26ClN3O7P2. The van der Waals surface area contributed by atoms with E-state index in [0.717, 1.165) is 13.1 Å². The highest BCUT2D eigenvalue weighted by Crippen LogP contribution is 2.60.